The van der Waals surface area contributed by atoms with Crippen molar-refractivity contribution in [1.29, 1.82) is 0 Å². The SMILES string of the molecule is C#CCN(CCC)S(=O)(=O)NC(C)(C)C. The van der Waals surface area contributed by atoms with Crippen LogP contribution in [0.3, 0.4) is 0 Å². The lowest BCUT2D eigenvalue weighted by Crippen LogP contribution is -2.49. The van der Waals surface area contributed by atoms with E-state index in [0.29, 0.717) is 6.54 Å². The van der Waals surface area contributed by atoms with Crippen LogP contribution < -0.4 is 4.72 Å². The molecular weight excluding hydrogens is 212 g/mol. The fourth-order valence-electron chi connectivity index (χ4n) is 1.09. The molecule has 0 fully saturated rings. The van der Waals surface area contributed by atoms with Crippen molar-refractivity contribution in [3.63, 3.8) is 0 Å². The molecule has 0 rings (SSSR count). The monoisotopic (exact) mass is 232 g/mol. The summed E-state index contributed by atoms with van der Waals surface area (Å²) in [5.41, 5.74) is -0.487. The van der Waals surface area contributed by atoms with Gasteiger partial charge in [-0.15, -0.1) is 6.42 Å². The van der Waals surface area contributed by atoms with Crippen LogP contribution in [-0.4, -0.2) is 31.4 Å². The molecule has 5 heteroatoms. The van der Waals surface area contributed by atoms with E-state index in [1.807, 2.05) is 6.92 Å². The average molecular weight is 232 g/mol. The molecule has 0 aliphatic carbocycles. The average Bonchev–Trinajstić information content (AvgIpc) is 1.99. The number of rotatable bonds is 5. The Morgan fingerprint density at radius 3 is 2.27 bits per heavy atom. The van der Waals surface area contributed by atoms with E-state index in [4.69, 9.17) is 6.42 Å². The normalized spacial score (nSPS) is 12.8. The highest BCUT2D eigenvalue weighted by Crippen LogP contribution is 2.06. The van der Waals surface area contributed by atoms with Gasteiger partial charge in [-0.1, -0.05) is 12.8 Å². The second kappa shape index (κ2) is 5.50. The second-order valence-corrected chi connectivity index (χ2v) is 6.07. The molecule has 88 valence electrons. The lowest BCUT2D eigenvalue weighted by molar-refractivity contribution is 0.408. The number of hydrogen-bond donors (Lipinski definition) is 1. The molecule has 0 heterocycles. The molecular formula is C10H20N2O2S. The van der Waals surface area contributed by atoms with Gasteiger partial charge in [0.2, 0.25) is 0 Å². The van der Waals surface area contributed by atoms with Crippen LogP contribution in [0.25, 0.3) is 0 Å². The summed E-state index contributed by atoms with van der Waals surface area (Å²) in [7, 11) is -3.46. The van der Waals surface area contributed by atoms with Gasteiger partial charge in [-0.3, -0.25) is 0 Å². The second-order valence-electron chi connectivity index (χ2n) is 4.39. The Balaban J connectivity index is 4.74. The lowest BCUT2D eigenvalue weighted by atomic mass is 10.1. The first-order valence-corrected chi connectivity index (χ1v) is 6.39. The van der Waals surface area contributed by atoms with Gasteiger partial charge in [-0.05, 0) is 27.2 Å². The summed E-state index contributed by atoms with van der Waals surface area (Å²) in [4.78, 5) is 0. The minimum absolute atomic E-state index is 0.110. The number of nitrogens with zero attached hydrogens (tertiary/aromatic N) is 1. The highest BCUT2D eigenvalue weighted by molar-refractivity contribution is 7.87. The molecule has 0 aromatic rings. The first kappa shape index (κ1) is 14.4. The van der Waals surface area contributed by atoms with Gasteiger partial charge >= 0.3 is 0 Å². The van der Waals surface area contributed by atoms with Crippen molar-refractivity contribution in [1.82, 2.24) is 9.03 Å². The van der Waals surface area contributed by atoms with E-state index in [9.17, 15) is 8.42 Å². The van der Waals surface area contributed by atoms with E-state index in [2.05, 4.69) is 10.6 Å². The summed E-state index contributed by atoms with van der Waals surface area (Å²) in [6.07, 6.45) is 5.88. The van der Waals surface area contributed by atoms with Crippen molar-refractivity contribution in [2.24, 2.45) is 0 Å². The molecule has 0 saturated carbocycles. The maximum atomic E-state index is 11.8. The number of nitrogens with one attached hydrogen (secondary N) is 1. The summed E-state index contributed by atoms with van der Waals surface area (Å²) in [5, 5.41) is 0. The van der Waals surface area contributed by atoms with Crippen molar-refractivity contribution >= 4 is 10.2 Å². The molecule has 0 radical (unpaired) electrons. The third-order valence-corrected chi connectivity index (χ3v) is 3.38. The van der Waals surface area contributed by atoms with E-state index < -0.39 is 15.7 Å². The predicted octanol–water partition coefficient (Wildman–Crippen LogP) is 0.964. The third kappa shape index (κ3) is 5.78. The molecule has 0 saturated heterocycles. The molecule has 0 bridgehead atoms. The van der Waals surface area contributed by atoms with Gasteiger partial charge in [-0.25, -0.2) is 0 Å². The fourth-order valence-corrected chi connectivity index (χ4v) is 2.66. The van der Waals surface area contributed by atoms with E-state index in [-0.39, 0.29) is 6.54 Å². The van der Waals surface area contributed by atoms with Gasteiger partial charge in [0, 0.05) is 12.1 Å². The maximum Gasteiger partial charge on any atom is 0.280 e. The van der Waals surface area contributed by atoms with Crippen molar-refractivity contribution < 1.29 is 8.42 Å². The van der Waals surface area contributed by atoms with Crippen LogP contribution in [-0.2, 0) is 10.2 Å². The van der Waals surface area contributed by atoms with Crippen LogP contribution in [0.5, 0.6) is 0 Å². The molecule has 0 unspecified atom stereocenters. The molecule has 0 aliphatic heterocycles. The summed E-state index contributed by atoms with van der Waals surface area (Å²) < 4.78 is 27.5. The smallest absolute Gasteiger partial charge is 0.197 e. The Labute approximate surface area is 93.2 Å². The van der Waals surface area contributed by atoms with Gasteiger partial charge in [0.05, 0.1) is 6.54 Å². The summed E-state index contributed by atoms with van der Waals surface area (Å²) in [5.74, 6) is 2.35. The summed E-state index contributed by atoms with van der Waals surface area (Å²) in [6, 6.07) is 0. The lowest BCUT2D eigenvalue weighted by Gasteiger charge is -2.26. The first-order valence-electron chi connectivity index (χ1n) is 4.95. The molecule has 0 amide bonds. The minimum atomic E-state index is -3.46. The summed E-state index contributed by atoms with van der Waals surface area (Å²) in [6.45, 7) is 7.85. The molecule has 0 aliphatic rings. The Morgan fingerprint density at radius 2 is 1.93 bits per heavy atom. The van der Waals surface area contributed by atoms with Crippen molar-refractivity contribution in [3.8, 4) is 12.3 Å². The van der Waals surface area contributed by atoms with E-state index >= 15 is 0 Å². The maximum absolute atomic E-state index is 11.8. The van der Waals surface area contributed by atoms with Gasteiger partial charge in [-0.2, -0.15) is 17.4 Å². The minimum Gasteiger partial charge on any atom is -0.197 e. The predicted molar refractivity (Wildman–Crippen MR) is 62.5 cm³/mol. The van der Waals surface area contributed by atoms with Crippen molar-refractivity contribution in [2.75, 3.05) is 13.1 Å². The van der Waals surface area contributed by atoms with Gasteiger partial charge in [0.25, 0.3) is 10.2 Å². The van der Waals surface area contributed by atoms with Crippen LogP contribution in [0.1, 0.15) is 34.1 Å². The molecule has 0 aromatic heterocycles. The molecule has 15 heavy (non-hydrogen) atoms. The third-order valence-electron chi connectivity index (χ3n) is 1.52. The Morgan fingerprint density at radius 1 is 1.40 bits per heavy atom. The van der Waals surface area contributed by atoms with Crippen molar-refractivity contribution in [2.45, 2.75) is 39.7 Å². The molecule has 4 nitrogen and oxygen atoms in total. The zero-order valence-corrected chi connectivity index (χ0v) is 10.7. The molecule has 0 spiro atoms. The van der Waals surface area contributed by atoms with Crippen LogP contribution >= 0.6 is 0 Å². The zero-order chi connectivity index (χ0) is 12.1. The highest BCUT2D eigenvalue weighted by Gasteiger charge is 2.25. The van der Waals surface area contributed by atoms with E-state index in [1.54, 1.807) is 20.8 Å². The standard InChI is InChI=1S/C10H20N2O2S/c1-6-8-12(9-7-2)15(13,14)11-10(3,4)5/h1,11H,7-9H2,2-5H3. The Kier molecular flexibility index (Phi) is 5.29. The molecule has 0 atom stereocenters. The highest BCUT2D eigenvalue weighted by atomic mass is 32.2. The number of hydrogen-bond acceptors (Lipinski definition) is 2. The van der Waals surface area contributed by atoms with Crippen LogP contribution in [0.15, 0.2) is 0 Å². The zero-order valence-electron chi connectivity index (χ0n) is 9.87. The topological polar surface area (TPSA) is 49.4 Å². The first-order chi connectivity index (χ1) is 6.73. The van der Waals surface area contributed by atoms with Crippen LogP contribution in [0.2, 0.25) is 0 Å². The fraction of sp³-hybridized carbons (Fsp3) is 0.800. The van der Waals surface area contributed by atoms with E-state index in [0.717, 1.165) is 6.42 Å². The van der Waals surface area contributed by atoms with Crippen LogP contribution in [0.4, 0.5) is 0 Å². The van der Waals surface area contributed by atoms with Gasteiger partial charge in [0.1, 0.15) is 0 Å². The van der Waals surface area contributed by atoms with E-state index in [1.165, 1.54) is 4.31 Å². The largest absolute Gasteiger partial charge is 0.280 e. The number of terminal acetylenes is 1. The van der Waals surface area contributed by atoms with Gasteiger partial charge in [0.15, 0.2) is 0 Å². The quantitative estimate of drug-likeness (QED) is 0.718. The van der Waals surface area contributed by atoms with Crippen molar-refractivity contribution in [3.05, 3.63) is 0 Å². The Hall–Kier alpha value is -0.570. The van der Waals surface area contributed by atoms with Gasteiger partial charge < -0.3 is 0 Å². The summed E-state index contributed by atoms with van der Waals surface area (Å²) >= 11 is 0. The molecule has 1 N–H and O–H groups in total. The Bertz CT molecular complexity index is 322. The van der Waals surface area contributed by atoms with Crippen LogP contribution in [0, 0.1) is 12.3 Å². The molecule has 0 aromatic carbocycles.